The highest BCUT2D eigenvalue weighted by atomic mass is 32.2. The molecule has 0 amide bonds. The Morgan fingerprint density at radius 2 is 1.83 bits per heavy atom. The summed E-state index contributed by atoms with van der Waals surface area (Å²) in [4.78, 5) is 11.8. The largest absolute Gasteiger partial charge is 0.573 e. The third-order valence-electron chi connectivity index (χ3n) is 3.90. The molecule has 11 heteroatoms. The lowest BCUT2D eigenvalue weighted by atomic mass is 10.0. The number of carboxylic acids is 1. The number of carbonyl (C=O) groups is 1. The number of hydrogen-bond donors (Lipinski definition) is 2. The minimum atomic E-state index is -4.76. The molecule has 0 fully saturated rings. The first-order chi connectivity index (χ1) is 13.4. The third-order valence-corrected chi connectivity index (χ3v) is 6.36. The molecule has 2 N–H and O–H groups in total. The second-order valence-electron chi connectivity index (χ2n) is 5.98. The van der Waals surface area contributed by atoms with E-state index in [0.717, 1.165) is 6.07 Å². The van der Waals surface area contributed by atoms with Gasteiger partial charge in [-0.3, -0.25) is 0 Å². The Hall–Kier alpha value is -2.24. The highest BCUT2D eigenvalue weighted by Gasteiger charge is 2.30. The summed E-state index contributed by atoms with van der Waals surface area (Å²) in [5.74, 6) is -1.24. The highest BCUT2D eigenvalue weighted by molar-refractivity contribution is 7.99. The van der Waals surface area contributed by atoms with Crippen LogP contribution in [0.15, 0.2) is 46.2 Å². The van der Waals surface area contributed by atoms with E-state index in [9.17, 15) is 31.5 Å². The molecule has 0 aliphatic rings. The van der Waals surface area contributed by atoms with Gasteiger partial charge in [0.2, 0.25) is 10.0 Å². The fraction of sp³-hybridized carbons (Fsp3) is 0.278. The number of carboxylic acid groups (broad SMARTS) is 1. The zero-order valence-electron chi connectivity index (χ0n) is 15.4. The molecule has 0 spiro atoms. The van der Waals surface area contributed by atoms with Gasteiger partial charge in [0.15, 0.2) is 0 Å². The van der Waals surface area contributed by atoms with E-state index in [1.807, 2.05) is 0 Å². The Balaban J connectivity index is 0.00000450. The average Bonchev–Trinajstić information content (AvgIpc) is 2.60. The normalized spacial score (nSPS) is 12.0. The van der Waals surface area contributed by atoms with Gasteiger partial charge in [0, 0.05) is 18.6 Å². The van der Waals surface area contributed by atoms with E-state index in [2.05, 4.69) is 9.46 Å². The Labute approximate surface area is 171 Å². The van der Waals surface area contributed by atoms with Gasteiger partial charge in [-0.15, -0.1) is 24.9 Å². The van der Waals surface area contributed by atoms with Crippen LogP contribution in [0.1, 0.15) is 22.9 Å². The number of thioether (sulfide) groups is 1. The number of aryl methyl sites for hydroxylation is 1. The number of nitrogens with one attached hydrogen (secondary N) is 1. The summed E-state index contributed by atoms with van der Waals surface area (Å²) in [5.41, 5.74) is 0.951. The number of benzene rings is 2. The minimum Gasteiger partial charge on any atom is -0.478 e. The van der Waals surface area contributed by atoms with Crippen LogP contribution in [0, 0.1) is 13.8 Å². The fourth-order valence-electron chi connectivity index (χ4n) is 2.37. The number of rotatable bonds is 8. The van der Waals surface area contributed by atoms with Gasteiger partial charge < -0.3 is 9.84 Å². The SMILES string of the molecule is Cc1cc(S(=O)(=O)NCCSc2ccc(OC(F)(F)F)cc2)cc(C(=O)O)c1C.[HH]. The average molecular weight is 451 g/mol. The molecule has 2 rings (SSSR count). The molecule has 0 aliphatic carbocycles. The van der Waals surface area contributed by atoms with Crippen molar-refractivity contribution in [1.82, 2.24) is 4.72 Å². The van der Waals surface area contributed by atoms with Crippen LogP contribution in [0.2, 0.25) is 0 Å². The molecule has 0 radical (unpaired) electrons. The van der Waals surface area contributed by atoms with Gasteiger partial charge in [0.05, 0.1) is 10.5 Å². The van der Waals surface area contributed by atoms with E-state index in [1.54, 1.807) is 13.8 Å². The number of alkyl halides is 3. The van der Waals surface area contributed by atoms with E-state index in [4.69, 9.17) is 0 Å². The monoisotopic (exact) mass is 451 g/mol. The molecule has 29 heavy (non-hydrogen) atoms. The quantitative estimate of drug-likeness (QED) is 0.461. The van der Waals surface area contributed by atoms with Crippen molar-refractivity contribution in [3.05, 3.63) is 53.1 Å². The summed E-state index contributed by atoms with van der Waals surface area (Å²) in [7, 11) is -3.91. The van der Waals surface area contributed by atoms with Crippen LogP contribution in [-0.4, -0.2) is 38.2 Å². The zero-order chi connectivity index (χ0) is 21.8. The van der Waals surface area contributed by atoms with E-state index >= 15 is 0 Å². The first kappa shape index (κ1) is 23.0. The molecule has 6 nitrogen and oxygen atoms in total. The second-order valence-corrected chi connectivity index (χ2v) is 8.92. The van der Waals surface area contributed by atoms with Gasteiger partial charge in [-0.1, -0.05) is 0 Å². The Kier molecular flexibility index (Phi) is 7.20. The summed E-state index contributed by atoms with van der Waals surface area (Å²) in [6.45, 7) is 3.27. The predicted octanol–water partition coefficient (Wildman–Crippen LogP) is 4.22. The Bertz CT molecular complexity index is 996. The number of halogens is 3. The summed E-state index contributed by atoms with van der Waals surface area (Å²) < 4.78 is 67.4. The van der Waals surface area contributed by atoms with Gasteiger partial charge >= 0.3 is 12.3 Å². The van der Waals surface area contributed by atoms with Crippen LogP contribution in [0.4, 0.5) is 13.2 Å². The van der Waals surface area contributed by atoms with Crippen molar-refractivity contribution in [2.75, 3.05) is 12.3 Å². The number of ether oxygens (including phenoxy) is 1. The zero-order valence-corrected chi connectivity index (χ0v) is 17.0. The summed E-state index contributed by atoms with van der Waals surface area (Å²) in [6, 6.07) is 7.71. The molecule has 0 atom stereocenters. The molecule has 0 bridgehead atoms. The van der Waals surface area contributed by atoms with Gasteiger partial charge in [0.1, 0.15) is 5.75 Å². The lowest BCUT2D eigenvalue weighted by molar-refractivity contribution is -0.274. The standard InChI is InChI=1S/C18H18F3NO5S2.H2/c1-11-9-15(10-16(12(11)2)17(23)24)29(25,26)22-7-8-28-14-5-3-13(4-6-14)27-18(19,20)21;/h3-6,9-10,22H,7-8H2,1-2H3,(H,23,24);1H. The molecule has 0 aliphatic heterocycles. The van der Waals surface area contributed by atoms with Crippen molar-refractivity contribution >= 4 is 27.8 Å². The van der Waals surface area contributed by atoms with Crippen LogP contribution in [0.3, 0.4) is 0 Å². The molecule has 0 heterocycles. The van der Waals surface area contributed by atoms with Gasteiger partial charge in [-0.2, -0.15) is 0 Å². The summed E-state index contributed by atoms with van der Waals surface area (Å²) >= 11 is 1.24. The highest BCUT2D eigenvalue weighted by Crippen LogP contribution is 2.26. The van der Waals surface area contributed by atoms with E-state index in [-0.39, 0.29) is 24.2 Å². The molecule has 160 valence electrons. The van der Waals surface area contributed by atoms with Crippen LogP contribution in [0.25, 0.3) is 0 Å². The van der Waals surface area contributed by atoms with Crippen LogP contribution in [0.5, 0.6) is 5.75 Å². The first-order valence-corrected chi connectivity index (χ1v) is 10.7. The molecule has 0 unspecified atom stereocenters. The molecular weight excluding hydrogens is 431 g/mol. The molecule has 0 saturated heterocycles. The fourth-order valence-corrected chi connectivity index (χ4v) is 4.41. The number of sulfonamides is 1. The van der Waals surface area contributed by atoms with Gasteiger partial charge in [0.25, 0.3) is 0 Å². The predicted molar refractivity (Wildman–Crippen MR) is 104 cm³/mol. The van der Waals surface area contributed by atoms with Crippen LogP contribution in [-0.2, 0) is 10.0 Å². The van der Waals surface area contributed by atoms with Crippen molar-refractivity contribution < 1.29 is 37.7 Å². The molecule has 2 aromatic rings. The lowest BCUT2D eigenvalue weighted by Gasteiger charge is -2.11. The van der Waals surface area contributed by atoms with Gasteiger partial charge in [-0.25, -0.2) is 17.9 Å². The maximum Gasteiger partial charge on any atom is 0.573 e. The smallest absolute Gasteiger partial charge is 0.478 e. The molecule has 2 aromatic carbocycles. The number of hydrogen-bond acceptors (Lipinski definition) is 5. The third kappa shape index (κ3) is 6.65. The molecular formula is C18H20F3NO5S2. The van der Waals surface area contributed by atoms with Crippen LogP contribution >= 0.6 is 11.8 Å². The van der Waals surface area contributed by atoms with Crippen molar-refractivity contribution in [2.24, 2.45) is 0 Å². The first-order valence-electron chi connectivity index (χ1n) is 8.22. The molecule has 0 aromatic heterocycles. The van der Waals surface area contributed by atoms with Crippen molar-refractivity contribution in [1.29, 1.82) is 0 Å². The maximum atomic E-state index is 12.4. The van der Waals surface area contributed by atoms with Crippen LogP contribution < -0.4 is 9.46 Å². The second kappa shape index (κ2) is 9.06. The lowest BCUT2D eigenvalue weighted by Crippen LogP contribution is -2.26. The number of aromatic carboxylic acids is 1. The topological polar surface area (TPSA) is 92.7 Å². The van der Waals surface area contributed by atoms with Crippen molar-refractivity contribution in [3.63, 3.8) is 0 Å². The summed E-state index contributed by atoms with van der Waals surface area (Å²) in [6.07, 6.45) is -4.76. The minimum absolute atomic E-state index is 0. The molecule has 0 saturated carbocycles. The summed E-state index contributed by atoms with van der Waals surface area (Å²) in [5, 5.41) is 9.21. The maximum absolute atomic E-state index is 12.4. The Morgan fingerprint density at radius 1 is 1.21 bits per heavy atom. The van der Waals surface area contributed by atoms with Crippen molar-refractivity contribution in [3.8, 4) is 5.75 Å². The van der Waals surface area contributed by atoms with E-state index < -0.39 is 22.4 Å². The van der Waals surface area contributed by atoms with E-state index in [1.165, 1.54) is 42.1 Å². The van der Waals surface area contributed by atoms with Gasteiger partial charge in [-0.05, 0) is 61.4 Å². The van der Waals surface area contributed by atoms with Crippen molar-refractivity contribution in [2.45, 2.75) is 30.0 Å². The Morgan fingerprint density at radius 3 is 2.38 bits per heavy atom. The van der Waals surface area contributed by atoms with E-state index in [0.29, 0.717) is 21.8 Å².